The smallest absolute Gasteiger partial charge is 0.309 e. The van der Waals surface area contributed by atoms with Gasteiger partial charge in [-0.1, -0.05) is 12.8 Å². The number of ether oxygens (including phenoxy) is 1. The minimum absolute atomic E-state index is 0.0643. The Balaban J connectivity index is 1.87. The van der Waals surface area contributed by atoms with Gasteiger partial charge < -0.3 is 4.74 Å². The topological polar surface area (TPSA) is 26.3 Å². The molecule has 0 heterocycles. The van der Waals surface area contributed by atoms with Crippen molar-refractivity contribution in [2.45, 2.75) is 32.6 Å². The molecule has 0 unspecified atom stereocenters. The molecular weight excluding hydrogens is 152 g/mol. The second kappa shape index (κ2) is 3.08. The van der Waals surface area contributed by atoms with E-state index in [4.69, 9.17) is 4.74 Å². The molecule has 2 aliphatic carbocycles. The Morgan fingerprint density at radius 3 is 2.42 bits per heavy atom. The Kier molecular flexibility index (Phi) is 2.07. The molecule has 0 amide bonds. The minimum Gasteiger partial charge on any atom is -0.466 e. The van der Waals surface area contributed by atoms with Crippen molar-refractivity contribution in [3.63, 3.8) is 0 Å². The fourth-order valence-electron chi connectivity index (χ4n) is 2.58. The highest BCUT2D eigenvalue weighted by atomic mass is 16.5. The molecule has 0 aromatic carbocycles. The first-order valence-electron chi connectivity index (χ1n) is 5.01. The highest BCUT2D eigenvalue weighted by Gasteiger charge is 2.55. The lowest BCUT2D eigenvalue weighted by Gasteiger charge is -2.04. The first-order chi connectivity index (χ1) is 5.84. The first kappa shape index (κ1) is 8.09. The summed E-state index contributed by atoms with van der Waals surface area (Å²) in [6.07, 6.45) is 5.15. The van der Waals surface area contributed by atoms with E-state index in [1.165, 1.54) is 25.7 Å². The average molecular weight is 168 g/mol. The fourth-order valence-corrected chi connectivity index (χ4v) is 2.58. The molecule has 0 spiro atoms. The van der Waals surface area contributed by atoms with Gasteiger partial charge in [0.1, 0.15) is 0 Å². The maximum absolute atomic E-state index is 11.3. The standard InChI is InChI=1S/C10H16O2/c1-2-12-10(11)9-7-5-3-4-6-8(7)9/h7-9H,2-6H2,1H3/t7-,8+,9+. The van der Waals surface area contributed by atoms with Crippen LogP contribution in [0.25, 0.3) is 0 Å². The molecular formula is C10H16O2. The number of hydrogen-bond donors (Lipinski definition) is 0. The summed E-state index contributed by atoms with van der Waals surface area (Å²) in [4.78, 5) is 11.3. The van der Waals surface area contributed by atoms with Crippen LogP contribution < -0.4 is 0 Å². The largest absolute Gasteiger partial charge is 0.466 e. The Labute approximate surface area is 73.3 Å². The van der Waals surface area contributed by atoms with Crippen LogP contribution in [0.1, 0.15) is 32.6 Å². The summed E-state index contributed by atoms with van der Waals surface area (Å²) in [5.74, 6) is 1.73. The molecule has 2 aliphatic rings. The normalized spacial score (nSPS) is 38.6. The van der Waals surface area contributed by atoms with Crippen LogP contribution in [0, 0.1) is 17.8 Å². The lowest BCUT2D eigenvalue weighted by Crippen LogP contribution is -2.08. The second-order valence-corrected chi connectivity index (χ2v) is 3.89. The SMILES string of the molecule is CCOC(=O)[C@H]1[C@@H]2CCCC[C@@H]21. The van der Waals surface area contributed by atoms with Crippen LogP contribution in [0.15, 0.2) is 0 Å². The molecule has 2 nitrogen and oxygen atoms in total. The Bertz CT molecular complexity index is 176. The van der Waals surface area contributed by atoms with E-state index in [1.807, 2.05) is 6.92 Å². The van der Waals surface area contributed by atoms with E-state index >= 15 is 0 Å². The van der Waals surface area contributed by atoms with Crippen molar-refractivity contribution < 1.29 is 9.53 Å². The van der Waals surface area contributed by atoms with Crippen LogP contribution in [0.5, 0.6) is 0 Å². The van der Waals surface area contributed by atoms with Crippen molar-refractivity contribution in [2.24, 2.45) is 17.8 Å². The van der Waals surface area contributed by atoms with E-state index in [-0.39, 0.29) is 11.9 Å². The quantitative estimate of drug-likeness (QED) is 0.589. The van der Waals surface area contributed by atoms with Crippen molar-refractivity contribution in [1.29, 1.82) is 0 Å². The molecule has 0 aromatic heterocycles. The Morgan fingerprint density at radius 2 is 1.92 bits per heavy atom. The van der Waals surface area contributed by atoms with Gasteiger partial charge in [0.05, 0.1) is 12.5 Å². The summed E-state index contributed by atoms with van der Waals surface area (Å²) in [5.41, 5.74) is 0. The van der Waals surface area contributed by atoms with Crippen LogP contribution in [0.2, 0.25) is 0 Å². The lowest BCUT2D eigenvalue weighted by molar-refractivity contribution is -0.145. The molecule has 0 radical (unpaired) electrons. The lowest BCUT2D eigenvalue weighted by atomic mass is 10.0. The molecule has 0 N–H and O–H groups in total. The van der Waals surface area contributed by atoms with Gasteiger partial charge in [-0.25, -0.2) is 0 Å². The zero-order chi connectivity index (χ0) is 8.55. The van der Waals surface area contributed by atoms with Crippen molar-refractivity contribution in [2.75, 3.05) is 6.61 Å². The van der Waals surface area contributed by atoms with Gasteiger partial charge in [0.2, 0.25) is 0 Å². The molecule has 2 saturated carbocycles. The van der Waals surface area contributed by atoms with Crippen LogP contribution in [-0.4, -0.2) is 12.6 Å². The van der Waals surface area contributed by atoms with E-state index in [0.29, 0.717) is 18.4 Å². The van der Waals surface area contributed by atoms with E-state index in [2.05, 4.69) is 0 Å². The van der Waals surface area contributed by atoms with Gasteiger partial charge in [-0.2, -0.15) is 0 Å². The number of rotatable bonds is 2. The number of esters is 1. The van der Waals surface area contributed by atoms with Gasteiger partial charge in [0.15, 0.2) is 0 Å². The van der Waals surface area contributed by atoms with E-state index in [1.54, 1.807) is 0 Å². The Hall–Kier alpha value is -0.530. The van der Waals surface area contributed by atoms with Crippen LogP contribution in [-0.2, 0) is 9.53 Å². The van der Waals surface area contributed by atoms with Gasteiger partial charge in [0.25, 0.3) is 0 Å². The van der Waals surface area contributed by atoms with Gasteiger partial charge in [-0.3, -0.25) is 4.79 Å². The van der Waals surface area contributed by atoms with Crippen LogP contribution >= 0.6 is 0 Å². The molecule has 2 fully saturated rings. The summed E-state index contributed by atoms with van der Waals surface area (Å²) in [6, 6.07) is 0. The number of carbonyl (C=O) groups is 1. The third kappa shape index (κ3) is 1.23. The summed E-state index contributed by atoms with van der Waals surface area (Å²) < 4.78 is 5.02. The fraction of sp³-hybridized carbons (Fsp3) is 0.900. The van der Waals surface area contributed by atoms with Crippen molar-refractivity contribution in [1.82, 2.24) is 0 Å². The molecule has 2 rings (SSSR count). The molecule has 0 aromatic rings. The van der Waals surface area contributed by atoms with Gasteiger partial charge in [-0.05, 0) is 31.6 Å². The van der Waals surface area contributed by atoms with Crippen LogP contribution in [0.3, 0.4) is 0 Å². The third-order valence-corrected chi connectivity index (χ3v) is 3.22. The molecule has 2 heteroatoms. The summed E-state index contributed by atoms with van der Waals surface area (Å²) >= 11 is 0. The maximum atomic E-state index is 11.3. The predicted octanol–water partition coefficient (Wildman–Crippen LogP) is 1.99. The number of hydrogen-bond acceptors (Lipinski definition) is 2. The van der Waals surface area contributed by atoms with Gasteiger partial charge >= 0.3 is 5.97 Å². The molecule has 0 aliphatic heterocycles. The highest BCUT2D eigenvalue weighted by Crippen LogP contribution is 2.55. The number of fused-ring (bicyclic) bond motifs is 1. The zero-order valence-corrected chi connectivity index (χ0v) is 7.58. The summed E-state index contributed by atoms with van der Waals surface area (Å²) in [7, 11) is 0. The molecule has 68 valence electrons. The molecule has 0 saturated heterocycles. The third-order valence-electron chi connectivity index (χ3n) is 3.22. The number of carbonyl (C=O) groups excluding carboxylic acids is 1. The van der Waals surface area contributed by atoms with Crippen molar-refractivity contribution in [3.8, 4) is 0 Å². The van der Waals surface area contributed by atoms with Crippen LogP contribution in [0.4, 0.5) is 0 Å². The summed E-state index contributed by atoms with van der Waals surface area (Å²) in [5, 5.41) is 0. The van der Waals surface area contributed by atoms with Gasteiger partial charge in [-0.15, -0.1) is 0 Å². The molecule has 3 atom stereocenters. The first-order valence-corrected chi connectivity index (χ1v) is 5.01. The monoisotopic (exact) mass is 168 g/mol. The zero-order valence-electron chi connectivity index (χ0n) is 7.58. The highest BCUT2D eigenvalue weighted by molar-refractivity contribution is 5.76. The minimum atomic E-state index is 0.0643. The van der Waals surface area contributed by atoms with Gasteiger partial charge in [0, 0.05) is 0 Å². The molecule has 12 heavy (non-hydrogen) atoms. The van der Waals surface area contributed by atoms with E-state index in [0.717, 1.165) is 0 Å². The second-order valence-electron chi connectivity index (χ2n) is 3.89. The van der Waals surface area contributed by atoms with Crippen molar-refractivity contribution >= 4 is 5.97 Å². The van der Waals surface area contributed by atoms with E-state index in [9.17, 15) is 4.79 Å². The van der Waals surface area contributed by atoms with E-state index < -0.39 is 0 Å². The summed E-state index contributed by atoms with van der Waals surface area (Å²) in [6.45, 7) is 2.42. The average Bonchev–Trinajstić information content (AvgIpc) is 2.78. The maximum Gasteiger partial charge on any atom is 0.309 e. The van der Waals surface area contributed by atoms with Crippen molar-refractivity contribution in [3.05, 3.63) is 0 Å². The Morgan fingerprint density at radius 1 is 1.33 bits per heavy atom. The predicted molar refractivity (Wildman–Crippen MR) is 45.6 cm³/mol. The molecule has 0 bridgehead atoms.